The number of para-hydroxylation sites is 2. The smallest absolute Gasteiger partial charge is 0.354 e. The fourth-order valence-corrected chi connectivity index (χ4v) is 2.10. The van der Waals surface area contributed by atoms with E-state index in [9.17, 15) is 9.90 Å². The highest BCUT2D eigenvalue weighted by Gasteiger charge is 2.16. The summed E-state index contributed by atoms with van der Waals surface area (Å²) >= 11 is 0. The Kier molecular flexibility index (Phi) is 2.68. The number of aromatic nitrogens is 1. The number of fused-ring (bicyclic) bond motifs is 1. The minimum absolute atomic E-state index is 0.171. The molecule has 0 unspecified atom stereocenters. The normalized spacial score (nSPS) is 10.5. The summed E-state index contributed by atoms with van der Waals surface area (Å²) in [5, 5.41) is 13.3. The molecule has 94 valence electrons. The molecule has 19 heavy (non-hydrogen) atoms. The van der Waals surface area contributed by atoms with Crippen LogP contribution in [0.25, 0.3) is 10.9 Å². The Labute approximate surface area is 109 Å². The molecule has 0 saturated carbocycles. The van der Waals surface area contributed by atoms with Gasteiger partial charge in [0, 0.05) is 16.6 Å². The predicted molar refractivity (Wildman–Crippen MR) is 75.0 cm³/mol. The van der Waals surface area contributed by atoms with Crippen LogP contribution < -0.4 is 5.32 Å². The number of H-pyrrole nitrogens is 1. The van der Waals surface area contributed by atoms with Crippen molar-refractivity contribution in [3.05, 3.63) is 60.3 Å². The maximum absolute atomic E-state index is 11.3. The summed E-state index contributed by atoms with van der Waals surface area (Å²) in [5.74, 6) is -0.977. The molecule has 4 heteroatoms. The van der Waals surface area contributed by atoms with Crippen LogP contribution in [0, 0.1) is 0 Å². The lowest BCUT2D eigenvalue weighted by atomic mass is 10.2. The van der Waals surface area contributed by atoms with Gasteiger partial charge in [-0.3, -0.25) is 0 Å². The van der Waals surface area contributed by atoms with Gasteiger partial charge >= 0.3 is 5.97 Å². The average molecular weight is 252 g/mol. The third-order valence-electron chi connectivity index (χ3n) is 2.96. The largest absolute Gasteiger partial charge is 0.477 e. The molecule has 3 aromatic rings. The van der Waals surface area contributed by atoms with E-state index in [4.69, 9.17) is 0 Å². The molecule has 0 spiro atoms. The minimum Gasteiger partial charge on any atom is -0.477 e. The zero-order valence-corrected chi connectivity index (χ0v) is 10.1. The zero-order chi connectivity index (χ0) is 13.2. The van der Waals surface area contributed by atoms with Crippen molar-refractivity contribution in [1.82, 2.24) is 4.98 Å². The van der Waals surface area contributed by atoms with Crippen molar-refractivity contribution in [3.63, 3.8) is 0 Å². The van der Waals surface area contributed by atoms with Crippen molar-refractivity contribution in [1.29, 1.82) is 0 Å². The summed E-state index contributed by atoms with van der Waals surface area (Å²) in [7, 11) is 0. The van der Waals surface area contributed by atoms with Crippen LogP contribution in [0.15, 0.2) is 54.6 Å². The number of hydrogen-bond donors (Lipinski definition) is 3. The first-order valence-corrected chi connectivity index (χ1v) is 5.92. The van der Waals surface area contributed by atoms with Crippen LogP contribution in [-0.2, 0) is 0 Å². The van der Waals surface area contributed by atoms with Gasteiger partial charge in [0.1, 0.15) is 5.69 Å². The topological polar surface area (TPSA) is 65.1 Å². The summed E-state index contributed by atoms with van der Waals surface area (Å²) in [6, 6.07) is 17.0. The van der Waals surface area contributed by atoms with Crippen molar-refractivity contribution >= 4 is 28.2 Å². The van der Waals surface area contributed by atoms with Crippen LogP contribution in [0.1, 0.15) is 10.5 Å². The Morgan fingerprint density at radius 3 is 2.42 bits per heavy atom. The van der Waals surface area contributed by atoms with Crippen LogP contribution in [-0.4, -0.2) is 16.1 Å². The molecule has 0 saturated heterocycles. The molecule has 0 aliphatic heterocycles. The Bertz CT molecular complexity index is 732. The van der Waals surface area contributed by atoms with Crippen LogP contribution in [0.2, 0.25) is 0 Å². The van der Waals surface area contributed by atoms with E-state index in [2.05, 4.69) is 10.3 Å². The molecule has 1 aromatic heterocycles. The van der Waals surface area contributed by atoms with E-state index in [0.717, 1.165) is 16.6 Å². The quantitative estimate of drug-likeness (QED) is 0.667. The molecule has 0 aliphatic carbocycles. The van der Waals surface area contributed by atoms with Gasteiger partial charge in [-0.05, 0) is 18.2 Å². The lowest BCUT2D eigenvalue weighted by Gasteiger charge is -2.06. The van der Waals surface area contributed by atoms with Gasteiger partial charge in [-0.25, -0.2) is 4.79 Å². The first-order chi connectivity index (χ1) is 9.25. The lowest BCUT2D eigenvalue weighted by molar-refractivity contribution is 0.0692. The summed E-state index contributed by atoms with van der Waals surface area (Å²) in [5.41, 5.74) is 2.42. The zero-order valence-electron chi connectivity index (χ0n) is 10.1. The number of anilines is 2. The van der Waals surface area contributed by atoms with E-state index < -0.39 is 5.97 Å². The van der Waals surface area contributed by atoms with Crippen molar-refractivity contribution in [2.24, 2.45) is 0 Å². The van der Waals surface area contributed by atoms with Crippen LogP contribution in [0.5, 0.6) is 0 Å². The number of rotatable bonds is 3. The van der Waals surface area contributed by atoms with Gasteiger partial charge in [0.15, 0.2) is 0 Å². The van der Waals surface area contributed by atoms with Gasteiger partial charge in [-0.15, -0.1) is 0 Å². The van der Waals surface area contributed by atoms with Crippen molar-refractivity contribution < 1.29 is 9.90 Å². The molecule has 1 heterocycles. The standard InChI is InChI=1S/C15H12N2O2/c18-15(19)14-13(16-10-6-2-1-3-7-10)11-8-4-5-9-12(11)17-14/h1-9,16-17H,(H,18,19). The molecule has 2 aromatic carbocycles. The predicted octanol–water partition coefficient (Wildman–Crippen LogP) is 3.61. The first-order valence-electron chi connectivity index (χ1n) is 5.92. The molecule has 0 amide bonds. The second-order valence-electron chi connectivity index (χ2n) is 4.22. The van der Waals surface area contributed by atoms with E-state index in [-0.39, 0.29) is 5.69 Å². The van der Waals surface area contributed by atoms with E-state index >= 15 is 0 Å². The molecule has 0 bridgehead atoms. The highest BCUT2D eigenvalue weighted by atomic mass is 16.4. The molecular formula is C15H12N2O2. The molecule has 0 fully saturated rings. The Hall–Kier alpha value is -2.75. The second kappa shape index (κ2) is 4.49. The number of benzene rings is 2. The molecule has 0 aliphatic rings. The van der Waals surface area contributed by atoms with Gasteiger partial charge in [-0.1, -0.05) is 36.4 Å². The summed E-state index contributed by atoms with van der Waals surface area (Å²) in [6.45, 7) is 0. The van der Waals surface area contributed by atoms with Crippen LogP contribution in [0.4, 0.5) is 11.4 Å². The fourth-order valence-electron chi connectivity index (χ4n) is 2.10. The number of carboxylic acid groups (broad SMARTS) is 1. The molecule has 3 rings (SSSR count). The van der Waals surface area contributed by atoms with Crippen molar-refractivity contribution in [2.75, 3.05) is 5.32 Å². The maximum Gasteiger partial charge on any atom is 0.354 e. The van der Waals surface area contributed by atoms with Crippen molar-refractivity contribution in [3.8, 4) is 0 Å². The minimum atomic E-state index is -0.977. The second-order valence-corrected chi connectivity index (χ2v) is 4.22. The Balaban J connectivity index is 2.15. The Morgan fingerprint density at radius 2 is 1.68 bits per heavy atom. The highest BCUT2D eigenvalue weighted by Crippen LogP contribution is 2.30. The molecular weight excluding hydrogens is 240 g/mol. The maximum atomic E-state index is 11.3. The molecule has 3 N–H and O–H groups in total. The third-order valence-corrected chi connectivity index (χ3v) is 2.96. The van der Waals surface area contributed by atoms with Gasteiger partial charge in [-0.2, -0.15) is 0 Å². The molecule has 4 nitrogen and oxygen atoms in total. The number of aromatic amines is 1. The number of carbonyl (C=O) groups is 1. The van der Waals surface area contributed by atoms with Crippen molar-refractivity contribution in [2.45, 2.75) is 0 Å². The third kappa shape index (κ3) is 2.04. The van der Waals surface area contributed by atoms with E-state index in [1.54, 1.807) is 0 Å². The summed E-state index contributed by atoms with van der Waals surface area (Å²) in [6.07, 6.45) is 0. The first kappa shape index (κ1) is 11.3. The number of hydrogen-bond acceptors (Lipinski definition) is 2. The monoisotopic (exact) mass is 252 g/mol. The van der Waals surface area contributed by atoms with E-state index in [0.29, 0.717) is 5.69 Å². The molecule has 0 radical (unpaired) electrons. The number of nitrogens with one attached hydrogen (secondary N) is 2. The van der Waals surface area contributed by atoms with Gasteiger partial charge < -0.3 is 15.4 Å². The summed E-state index contributed by atoms with van der Waals surface area (Å²) < 4.78 is 0. The van der Waals surface area contributed by atoms with Gasteiger partial charge in [0.05, 0.1) is 5.69 Å². The summed E-state index contributed by atoms with van der Waals surface area (Å²) in [4.78, 5) is 14.2. The highest BCUT2D eigenvalue weighted by molar-refractivity contribution is 6.06. The van der Waals surface area contributed by atoms with E-state index in [1.165, 1.54) is 0 Å². The lowest BCUT2D eigenvalue weighted by Crippen LogP contribution is -2.01. The average Bonchev–Trinajstić information content (AvgIpc) is 2.79. The Morgan fingerprint density at radius 1 is 1.00 bits per heavy atom. The van der Waals surface area contributed by atoms with Gasteiger partial charge in [0.25, 0.3) is 0 Å². The molecule has 0 atom stereocenters. The van der Waals surface area contributed by atoms with Crippen LogP contribution in [0.3, 0.4) is 0 Å². The van der Waals surface area contributed by atoms with Gasteiger partial charge in [0.2, 0.25) is 0 Å². The fraction of sp³-hybridized carbons (Fsp3) is 0. The van der Waals surface area contributed by atoms with Crippen LogP contribution >= 0.6 is 0 Å². The number of carboxylic acids is 1. The SMILES string of the molecule is O=C(O)c1[nH]c2ccccc2c1Nc1ccccc1. The number of aromatic carboxylic acids is 1. The van der Waals surface area contributed by atoms with E-state index in [1.807, 2.05) is 54.6 Å².